The zero-order chi connectivity index (χ0) is 23.0. The quantitative estimate of drug-likeness (QED) is 0.300. The van der Waals surface area contributed by atoms with Crippen LogP contribution in [0.1, 0.15) is 54.1 Å². The van der Waals surface area contributed by atoms with Gasteiger partial charge in [0.1, 0.15) is 0 Å². The second-order valence-corrected chi connectivity index (χ2v) is 12.9. The van der Waals surface area contributed by atoms with Crippen LogP contribution >= 0.6 is 0 Å². The van der Waals surface area contributed by atoms with E-state index in [4.69, 9.17) is 0 Å². The smallest absolute Gasteiger partial charge is 1.00 e. The standard InChI is InChI=1S/C30H33Si.3ClH.Ti/c1-19-12-14-26(15-13-19)30(31-27-17-20(2)16-21(3)18-27)29-24(6)22(4)23(5)28(29)25-10-8-7-9-11-25;;;;/h7-18,30H,31H2,1-6H3;3*1H;/q;;;;+3/p-3. The Hall–Kier alpha value is -1.06. The minimum Gasteiger partial charge on any atom is -1.00 e. The molecular weight excluding hydrogens is 543 g/mol. The maximum atomic E-state index is 2.52. The van der Waals surface area contributed by atoms with Crippen molar-refractivity contribution in [2.45, 2.75) is 50.8 Å². The van der Waals surface area contributed by atoms with E-state index in [2.05, 4.69) is 135 Å². The Morgan fingerprint density at radius 1 is 0.657 bits per heavy atom. The predicted octanol–water partition coefficient (Wildman–Crippen LogP) is -2.31. The molecule has 0 bridgehead atoms. The van der Waals surface area contributed by atoms with Gasteiger partial charge in [-0.2, -0.15) is 0 Å². The summed E-state index contributed by atoms with van der Waals surface area (Å²) >= 11 is 2.52. The summed E-state index contributed by atoms with van der Waals surface area (Å²) in [4.78, 5) is 0. The molecule has 0 spiro atoms. The molecule has 182 valence electrons. The number of rotatable bonds is 5. The number of benzene rings is 3. The van der Waals surface area contributed by atoms with Gasteiger partial charge in [-0.25, -0.2) is 0 Å². The maximum absolute atomic E-state index is 2.52. The Kier molecular flexibility index (Phi) is 11.8. The van der Waals surface area contributed by atoms with Crippen LogP contribution < -0.4 is 42.4 Å². The summed E-state index contributed by atoms with van der Waals surface area (Å²) in [5.74, 6) is 0. The van der Waals surface area contributed by atoms with E-state index < -0.39 is 9.52 Å². The molecule has 0 amide bonds. The van der Waals surface area contributed by atoms with Gasteiger partial charge in [0.15, 0.2) is 0 Å². The Morgan fingerprint density at radius 3 is 1.74 bits per heavy atom. The van der Waals surface area contributed by atoms with E-state index in [9.17, 15) is 0 Å². The van der Waals surface area contributed by atoms with Crippen LogP contribution in [0.5, 0.6) is 0 Å². The van der Waals surface area contributed by atoms with E-state index in [-0.39, 0.29) is 40.9 Å². The Bertz CT molecular complexity index is 1200. The molecule has 1 aliphatic rings. The molecule has 0 nitrogen and oxygen atoms in total. The van der Waals surface area contributed by atoms with E-state index in [1.54, 1.807) is 5.19 Å². The van der Waals surface area contributed by atoms with Gasteiger partial charge in [-0.15, -0.1) is 0 Å². The first kappa shape index (κ1) is 32.0. The van der Waals surface area contributed by atoms with Gasteiger partial charge in [-0.3, -0.25) is 0 Å². The topological polar surface area (TPSA) is 0 Å². The number of hydrogen-bond acceptors (Lipinski definition) is 0. The average Bonchev–Trinajstić information content (AvgIpc) is 2.93. The van der Waals surface area contributed by atoms with Crippen molar-refractivity contribution < 1.29 is 57.7 Å². The first-order chi connectivity index (χ1) is 15.2. The van der Waals surface area contributed by atoms with Crippen molar-refractivity contribution in [3.8, 4) is 0 Å². The third-order valence-electron chi connectivity index (χ3n) is 7.27. The van der Waals surface area contributed by atoms with Crippen LogP contribution in [0.15, 0.2) is 89.5 Å². The van der Waals surface area contributed by atoms with Crippen LogP contribution in [0.4, 0.5) is 0 Å². The van der Waals surface area contributed by atoms with Gasteiger partial charge in [-0.05, 0) is 0 Å². The largest absolute Gasteiger partial charge is 1.00 e. The Balaban J connectivity index is 0.00000204. The molecule has 0 radical (unpaired) electrons. The third kappa shape index (κ3) is 6.27. The molecule has 0 aliphatic heterocycles. The summed E-state index contributed by atoms with van der Waals surface area (Å²) in [5, 5.41) is 1.57. The first-order valence-electron chi connectivity index (χ1n) is 11.6. The van der Waals surface area contributed by atoms with Gasteiger partial charge in [0.2, 0.25) is 0 Å². The maximum Gasteiger partial charge on any atom is -1.00 e. The van der Waals surface area contributed by atoms with Crippen LogP contribution in [-0.2, 0) is 20.4 Å². The van der Waals surface area contributed by atoms with Crippen LogP contribution in [0.3, 0.4) is 0 Å². The monoisotopic (exact) mass is 574 g/mol. The molecule has 1 aliphatic carbocycles. The third-order valence-corrected chi connectivity index (χ3v) is 11.8. The fraction of sp³-hybridized carbons (Fsp3) is 0.267. The molecule has 0 heterocycles. The summed E-state index contributed by atoms with van der Waals surface area (Å²) in [6.45, 7) is 13.7. The van der Waals surface area contributed by atoms with Gasteiger partial charge >= 0.3 is 209 Å². The zero-order valence-corrected chi connectivity index (χ0v) is 26.6. The van der Waals surface area contributed by atoms with Crippen LogP contribution in [-0.4, -0.2) is 9.52 Å². The molecule has 0 fully saturated rings. The molecular formula is C30H33Cl3SiTi. The van der Waals surface area contributed by atoms with Gasteiger partial charge in [0.05, 0.1) is 0 Å². The van der Waals surface area contributed by atoms with Crippen molar-refractivity contribution in [2.24, 2.45) is 0 Å². The van der Waals surface area contributed by atoms with Gasteiger partial charge in [-0.1, -0.05) is 0 Å². The van der Waals surface area contributed by atoms with Crippen LogP contribution in [0, 0.1) is 20.8 Å². The van der Waals surface area contributed by atoms with Gasteiger partial charge in [0.25, 0.3) is 0 Å². The molecule has 3 aromatic carbocycles. The summed E-state index contributed by atoms with van der Waals surface area (Å²) in [5.41, 5.74) is 13.4. The summed E-state index contributed by atoms with van der Waals surface area (Å²) in [7, 11) is -0.619. The number of allylic oxidation sites excluding steroid dienone is 4. The van der Waals surface area contributed by atoms with E-state index in [0.29, 0.717) is 5.54 Å². The first-order valence-corrected chi connectivity index (χ1v) is 13.9. The zero-order valence-electron chi connectivity index (χ0n) is 21.3. The van der Waals surface area contributed by atoms with Crippen molar-refractivity contribution in [3.05, 3.63) is 117 Å². The molecule has 0 N–H and O–H groups in total. The number of aryl methyl sites for hydroxylation is 3. The Morgan fingerprint density at radius 2 is 1.20 bits per heavy atom. The fourth-order valence-corrected chi connectivity index (χ4v) is 9.70. The van der Waals surface area contributed by atoms with Crippen LogP contribution in [0.2, 0.25) is 3.72 Å². The van der Waals surface area contributed by atoms with Crippen LogP contribution in [0.25, 0.3) is 5.57 Å². The fourth-order valence-electron chi connectivity index (χ4n) is 5.47. The average molecular weight is 576 g/mol. The van der Waals surface area contributed by atoms with Crippen molar-refractivity contribution >= 4 is 20.3 Å². The SMILES string of the molecule is CC1=C(C)[C]([Ti+3])(C([SiH2]c2cc(C)cc(C)c2)c2ccc(C)cc2)C(c2ccccc2)=C1C.[Cl-].[Cl-].[Cl-]. The molecule has 0 saturated carbocycles. The predicted molar refractivity (Wildman–Crippen MR) is 138 cm³/mol. The molecule has 2 unspecified atom stereocenters. The number of halogens is 3. The molecule has 4 rings (SSSR count). The van der Waals surface area contributed by atoms with Gasteiger partial charge < -0.3 is 37.2 Å². The molecule has 5 heteroatoms. The van der Waals surface area contributed by atoms with E-state index in [1.165, 1.54) is 50.1 Å². The summed E-state index contributed by atoms with van der Waals surface area (Å²) in [6.07, 6.45) is 0. The van der Waals surface area contributed by atoms with Crippen molar-refractivity contribution in [1.29, 1.82) is 0 Å². The molecule has 0 saturated heterocycles. The molecule has 0 aromatic heterocycles. The summed E-state index contributed by atoms with van der Waals surface area (Å²) in [6, 6.07) is 27.6. The normalized spacial score (nSPS) is 18.3. The van der Waals surface area contributed by atoms with Crippen molar-refractivity contribution in [1.82, 2.24) is 0 Å². The van der Waals surface area contributed by atoms with Crippen molar-refractivity contribution in [2.75, 3.05) is 0 Å². The van der Waals surface area contributed by atoms with E-state index >= 15 is 0 Å². The molecule has 2 atom stereocenters. The second-order valence-electron chi connectivity index (χ2n) is 9.59. The number of hydrogen-bond donors (Lipinski definition) is 0. The minimum absolute atomic E-state index is 0. The van der Waals surface area contributed by atoms with Crippen molar-refractivity contribution in [3.63, 3.8) is 0 Å². The second kappa shape index (κ2) is 13.0. The minimum atomic E-state index is -0.619. The summed E-state index contributed by atoms with van der Waals surface area (Å²) < 4.78 is -0.00531. The van der Waals surface area contributed by atoms with E-state index in [1.807, 2.05) is 0 Å². The van der Waals surface area contributed by atoms with E-state index in [0.717, 1.165) is 0 Å². The molecule has 35 heavy (non-hydrogen) atoms. The Labute approximate surface area is 244 Å². The molecule has 3 aromatic rings. The van der Waals surface area contributed by atoms with Gasteiger partial charge in [0, 0.05) is 0 Å².